The second kappa shape index (κ2) is 7.46. The predicted octanol–water partition coefficient (Wildman–Crippen LogP) is 3.02. The molecule has 4 atom stereocenters. The molecule has 0 heterocycles. The Bertz CT molecular complexity index is 232. The van der Waals surface area contributed by atoms with Gasteiger partial charge < -0.3 is 14.2 Å². The fourth-order valence-corrected chi connectivity index (χ4v) is 3.64. The summed E-state index contributed by atoms with van der Waals surface area (Å²) in [6.07, 6.45) is 8.68. The van der Waals surface area contributed by atoms with Crippen LogP contribution in [-0.2, 0) is 14.2 Å². The molecule has 2 aliphatic carbocycles. The number of ether oxygens (including phenoxy) is 3. The normalized spacial score (nSPS) is 36.3. The largest absolute Gasteiger partial charge is 0.382 e. The lowest BCUT2D eigenvalue weighted by Crippen LogP contribution is -2.36. The Hall–Kier alpha value is -0.120. The standard InChI is InChI=1S/C15H28O3/c1-3-17-14-6-4-13-11-15(18-9-8-16-2)7-5-12(13)10-14/h12-15H,3-11H2,1-2H3. The summed E-state index contributed by atoms with van der Waals surface area (Å²) in [5.41, 5.74) is 0. The summed E-state index contributed by atoms with van der Waals surface area (Å²) in [6, 6.07) is 0. The molecule has 18 heavy (non-hydrogen) atoms. The van der Waals surface area contributed by atoms with Gasteiger partial charge in [0.2, 0.25) is 0 Å². The second-order valence-corrected chi connectivity index (χ2v) is 5.71. The van der Waals surface area contributed by atoms with Gasteiger partial charge in [0.1, 0.15) is 0 Å². The third kappa shape index (κ3) is 3.94. The summed E-state index contributed by atoms with van der Waals surface area (Å²) in [5, 5.41) is 0. The molecule has 0 aromatic carbocycles. The molecule has 3 nitrogen and oxygen atoms in total. The van der Waals surface area contributed by atoms with E-state index in [9.17, 15) is 0 Å². The fourth-order valence-electron chi connectivity index (χ4n) is 3.64. The average Bonchev–Trinajstić information content (AvgIpc) is 2.39. The fraction of sp³-hybridized carbons (Fsp3) is 1.00. The highest BCUT2D eigenvalue weighted by Crippen LogP contribution is 2.42. The van der Waals surface area contributed by atoms with E-state index in [1.165, 1.54) is 38.5 Å². The molecule has 0 bridgehead atoms. The van der Waals surface area contributed by atoms with E-state index in [1.54, 1.807) is 7.11 Å². The molecule has 106 valence electrons. The van der Waals surface area contributed by atoms with Gasteiger partial charge in [0.05, 0.1) is 25.4 Å². The van der Waals surface area contributed by atoms with Crippen molar-refractivity contribution < 1.29 is 14.2 Å². The highest BCUT2D eigenvalue weighted by Gasteiger charge is 2.36. The summed E-state index contributed by atoms with van der Waals surface area (Å²) >= 11 is 0. The quantitative estimate of drug-likeness (QED) is 0.684. The van der Waals surface area contributed by atoms with Crippen molar-refractivity contribution in [1.82, 2.24) is 0 Å². The first-order chi connectivity index (χ1) is 8.83. The molecule has 0 aromatic heterocycles. The van der Waals surface area contributed by atoms with E-state index in [0.717, 1.165) is 31.7 Å². The Kier molecular flexibility index (Phi) is 5.93. The van der Waals surface area contributed by atoms with Gasteiger partial charge in [0, 0.05) is 13.7 Å². The minimum atomic E-state index is 0.477. The van der Waals surface area contributed by atoms with Crippen molar-refractivity contribution in [3.63, 3.8) is 0 Å². The van der Waals surface area contributed by atoms with Crippen LogP contribution >= 0.6 is 0 Å². The van der Waals surface area contributed by atoms with Gasteiger partial charge in [-0.15, -0.1) is 0 Å². The lowest BCUT2D eigenvalue weighted by molar-refractivity contribution is -0.0562. The molecule has 0 saturated heterocycles. The zero-order chi connectivity index (χ0) is 12.8. The highest BCUT2D eigenvalue weighted by molar-refractivity contribution is 4.87. The number of fused-ring (bicyclic) bond motifs is 1. The molecule has 0 amide bonds. The maximum Gasteiger partial charge on any atom is 0.0704 e. The molecule has 0 radical (unpaired) electrons. The van der Waals surface area contributed by atoms with Gasteiger partial charge in [-0.05, 0) is 57.3 Å². The van der Waals surface area contributed by atoms with Crippen LogP contribution in [0, 0.1) is 11.8 Å². The Morgan fingerprint density at radius 1 is 0.833 bits per heavy atom. The molecule has 0 spiro atoms. The molecule has 0 aromatic rings. The SMILES string of the molecule is CCOC1CCC2CC(OCCOC)CCC2C1. The minimum absolute atomic E-state index is 0.477. The number of rotatable bonds is 6. The van der Waals surface area contributed by atoms with Gasteiger partial charge in [-0.1, -0.05) is 0 Å². The molecule has 0 N–H and O–H groups in total. The van der Waals surface area contributed by atoms with E-state index < -0.39 is 0 Å². The monoisotopic (exact) mass is 256 g/mol. The van der Waals surface area contributed by atoms with E-state index >= 15 is 0 Å². The first-order valence-electron chi connectivity index (χ1n) is 7.55. The van der Waals surface area contributed by atoms with Crippen LogP contribution in [0.2, 0.25) is 0 Å². The van der Waals surface area contributed by atoms with Gasteiger partial charge in [0.25, 0.3) is 0 Å². The minimum Gasteiger partial charge on any atom is -0.382 e. The van der Waals surface area contributed by atoms with E-state index in [0.29, 0.717) is 12.2 Å². The number of hydrogen-bond donors (Lipinski definition) is 0. The predicted molar refractivity (Wildman–Crippen MR) is 71.7 cm³/mol. The van der Waals surface area contributed by atoms with Crippen molar-refractivity contribution in [2.45, 2.75) is 57.7 Å². The van der Waals surface area contributed by atoms with E-state index in [1.807, 2.05) is 0 Å². The molecule has 3 heteroatoms. The summed E-state index contributed by atoms with van der Waals surface area (Å²) in [7, 11) is 1.73. The molecular weight excluding hydrogens is 228 g/mol. The van der Waals surface area contributed by atoms with Gasteiger partial charge in [-0.3, -0.25) is 0 Å². The Morgan fingerprint density at radius 2 is 1.44 bits per heavy atom. The molecule has 0 aliphatic heterocycles. The molecule has 2 rings (SSSR count). The molecule has 2 saturated carbocycles. The van der Waals surface area contributed by atoms with Crippen LogP contribution in [0.5, 0.6) is 0 Å². The summed E-state index contributed by atoms with van der Waals surface area (Å²) < 4.78 is 16.7. The Balaban J connectivity index is 1.71. The summed E-state index contributed by atoms with van der Waals surface area (Å²) in [4.78, 5) is 0. The lowest BCUT2D eigenvalue weighted by Gasteiger charge is -2.41. The molecule has 4 unspecified atom stereocenters. The van der Waals surface area contributed by atoms with Crippen molar-refractivity contribution in [2.24, 2.45) is 11.8 Å². The van der Waals surface area contributed by atoms with Crippen molar-refractivity contribution in [1.29, 1.82) is 0 Å². The topological polar surface area (TPSA) is 27.7 Å². The van der Waals surface area contributed by atoms with Crippen LogP contribution in [0.3, 0.4) is 0 Å². The lowest BCUT2D eigenvalue weighted by atomic mass is 9.69. The zero-order valence-electron chi connectivity index (χ0n) is 11.9. The number of hydrogen-bond acceptors (Lipinski definition) is 3. The Morgan fingerprint density at radius 3 is 2.00 bits per heavy atom. The van der Waals surface area contributed by atoms with Crippen molar-refractivity contribution in [2.75, 3.05) is 26.9 Å². The van der Waals surface area contributed by atoms with E-state index in [4.69, 9.17) is 14.2 Å². The van der Waals surface area contributed by atoms with Crippen LogP contribution in [0.4, 0.5) is 0 Å². The van der Waals surface area contributed by atoms with Crippen molar-refractivity contribution >= 4 is 0 Å². The third-order valence-corrected chi connectivity index (χ3v) is 4.56. The van der Waals surface area contributed by atoms with Crippen LogP contribution in [0.25, 0.3) is 0 Å². The van der Waals surface area contributed by atoms with Crippen LogP contribution < -0.4 is 0 Å². The summed E-state index contributed by atoms with van der Waals surface area (Å²) in [5.74, 6) is 1.76. The van der Waals surface area contributed by atoms with E-state index in [2.05, 4.69) is 6.92 Å². The second-order valence-electron chi connectivity index (χ2n) is 5.71. The van der Waals surface area contributed by atoms with Crippen molar-refractivity contribution in [3.8, 4) is 0 Å². The maximum atomic E-state index is 5.89. The van der Waals surface area contributed by atoms with Gasteiger partial charge in [0.15, 0.2) is 0 Å². The highest BCUT2D eigenvalue weighted by atomic mass is 16.5. The van der Waals surface area contributed by atoms with Gasteiger partial charge in [-0.2, -0.15) is 0 Å². The van der Waals surface area contributed by atoms with Gasteiger partial charge in [-0.25, -0.2) is 0 Å². The summed E-state index contributed by atoms with van der Waals surface area (Å²) in [6.45, 7) is 4.44. The molecular formula is C15H28O3. The average molecular weight is 256 g/mol. The number of methoxy groups -OCH3 is 1. The third-order valence-electron chi connectivity index (χ3n) is 4.56. The Labute approximate surface area is 111 Å². The molecule has 2 aliphatic rings. The van der Waals surface area contributed by atoms with Crippen LogP contribution in [0.15, 0.2) is 0 Å². The smallest absolute Gasteiger partial charge is 0.0704 e. The van der Waals surface area contributed by atoms with Gasteiger partial charge >= 0.3 is 0 Å². The van der Waals surface area contributed by atoms with Crippen molar-refractivity contribution in [3.05, 3.63) is 0 Å². The van der Waals surface area contributed by atoms with Crippen LogP contribution in [0.1, 0.15) is 45.4 Å². The first-order valence-corrected chi connectivity index (χ1v) is 7.55. The van der Waals surface area contributed by atoms with E-state index in [-0.39, 0.29) is 0 Å². The van der Waals surface area contributed by atoms with Crippen LogP contribution in [-0.4, -0.2) is 39.1 Å². The maximum absolute atomic E-state index is 5.89. The molecule has 2 fully saturated rings. The first kappa shape index (κ1) is 14.3. The zero-order valence-corrected chi connectivity index (χ0v) is 11.9.